The fourth-order valence-corrected chi connectivity index (χ4v) is 6.32. The molecule has 0 radical (unpaired) electrons. The van der Waals surface area contributed by atoms with Crippen molar-refractivity contribution in [1.82, 2.24) is 0 Å². The maximum atomic E-state index is 12.8. The fourth-order valence-electron chi connectivity index (χ4n) is 6.32. The highest BCUT2D eigenvalue weighted by Crippen LogP contribution is 2.53. The van der Waals surface area contributed by atoms with Crippen LogP contribution in [0.5, 0.6) is 0 Å². The van der Waals surface area contributed by atoms with Crippen molar-refractivity contribution in [2.24, 2.45) is 0 Å². The summed E-state index contributed by atoms with van der Waals surface area (Å²) in [6.45, 7) is 1.73. The minimum Gasteiger partial charge on any atom is -0.396 e. The first-order valence-corrected chi connectivity index (χ1v) is 15.1. The zero-order chi connectivity index (χ0) is 30.3. The van der Waals surface area contributed by atoms with Gasteiger partial charge in [0.15, 0.2) is 5.79 Å². The van der Waals surface area contributed by atoms with Crippen molar-refractivity contribution in [3.05, 3.63) is 144 Å². The largest absolute Gasteiger partial charge is 0.396 e. The van der Waals surface area contributed by atoms with Gasteiger partial charge < -0.3 is 29.9 Å². The second-order valence-electron chi connectivity index (χ2n) is 11.6. The van der Waals surface area contributed by atoms with Gasteiger partial charge in [-0.25, -0.2) is 0 Å². The molecule has 0 aromatic heterocycles. The first-order chi connectivity index (χ1) is 20.8. The van der Waals surface area contributed by atoms with Crippen LogP contribution in [0.3, 0.4) is 0 Å². The minimum absolute atomic E-state index is 0.0810. The van der Waals surface area contributed by atoms with Gasteiger partial charge >= 0.3 is 0 Å². The lowest BCUT2D eigenvalue weighted by Gasteiger charge is -2.42. The molecule has 1 spiro atoms. The summed E-state index contributed by atoms with van der Waals surface area (Å²) in [4.78, 5) is 0. The highest BCUT2D eigenvalue weighted by Gasteiger charge is 2.63. The Bertz CT molecular complexity index is 1210. The molecule has 1 saturated heterocycles. The SMILES string of the molecule is C[C@H](O)CCO.OC(c1ccccc1)(c1ccccc1)[C@H]1OC2(CCCC2)O[C@@H]1C(O)(c1ccccc1)c1ccccc1. The third kappa shape index (κ3) is 6.31. The predicted octanol–water partition coefficient (Wildman–Crippen LogP) is 5.66. The van der Waals surface area contributed by atoms with Gasteiger partial charge in [0.1, 0.15) is 23.4 Å². The molecule has 2 aliphatic rings. The molecule has 226 valence electrons. The van der Waals surface area contributed by atoms with E-state index in [4.69, 9.17) is 19.7 Å². The fraction of sp³-hybridized carbons (Fsp3) is 0.351. The van der Waals surface area contributed by atoms with E-state index < -0.39 is 29.2 Å². The Morgan fingerprint density at radius 1 is 0.628 bits per heavy atom. The molecular weight excluding hydrogens is 540 g/mol. The number of benzene rings is 4. The second kappa shape index (κ2) is 13.5. The van der Waals surface area contributed by atoms with Gasteiger partial charge in [-0.2, -0.15) is 0 Å². The van der Waals surface area contributed by atoms with Gasteiger partial charge in [0.25, 0.3) is 0 Å². The molecule has 4 aromatic rings. The molecule has 1 saturated carbocycles. The van der Waals surface area contributed by atoms with Crippen LogP contribution >= 0.6 is 0 Å². The van der Waals surface area contributed by atoms with Crippen molar-refractivity contribution in [3.63, 3.8) is 0 Å². The zero-order valence-electron chi connectivity index (χ0n) is 24.6. The van der Waals surface area contributed by atoms with Crippen molar-refractivity contribution in [1.29, 1.82) is 0 Å². The topological polar surface area (TPSA) is 99.4 Å². The highest BCUT2D eigenvalue weighted by molar-refractivity contribution is 5.43. The van der Waals surface area contributed by atoms with E-state index in [1.165, 1.54) is 0 Å². The van der Waals surface area contributed by atoms with E-state index in [2.05, 4.69) is 0 Å². The molecule has 0 bridgehead atoms. The molecule has 43 heavy (non-hydrogen) atoms. The highest BCUT2D eigenvalue weighted by atomic mass is 16.8. The molecular formula is C37H42O6. The first kappa shape index (κ1) is 31.1. The summed E-state index contributed by atoms with van der Waals surface area (Å²) >= 11 is 0. The van der Waals surface area contributed by atoms with Crippen LogP contribution in [0.25, 0.3) is 0 Å². The number of aliphatic hydroxyl groups excluding tert-OH is 2. The van der Waals surface area contributed by atoms with Gasteiger partial charge in [-0.1, -0.05) is 121 Å². The molecule has 6 rings (SSSR count). The van der Waals surface area contributed by atoms with Crippen LogP contribution in [0, 0.1) is 0 Å². The Morgan fingerprint density at radius 2 is 0.930 bits per heavy atom. The van der Waals surface area contributed by atoms with Crippen LogP contribution in [0.1, 0.15) is 61.3 Å². The Morgan fingerprint density at radius 3 is 1.16 bits per heavy atom. The van der Waals surface area contributed by atoms with Gasteiger partial charge in [0.2, 0.25) is 0 Å². The minimum atomic E-state index is -1.57. The van der Waals surface area contributed by atoms with E-state index in [1.807, 2.05) is 121 Å². The molecule has 6 heteroatoms. The van der Waals surface area contributed by atoms with E-state index >= 15 is 0 Å². The standard InChI is InChI=1S/C33H32O4.C4H10O2/c34-32(25-15-5-1-6-16-25,26-17-7-2-8-18-26)29-30(37-31(36-29)23-13-14-24-31)33(35,27-19-9-3-10-20-27)28-21-11-4-12-22-28;1-4(6)2-3-5/h1-12,15-22,29-30,34-35H,13-14,23-24H2;4-6H,2-3H2,1H3/t29-,30-;4-/m00/s1. The summed E-state index contributed by atoms with van der Waals surface area (Å²) in [7, 11) is 0. The zero-order valence-corrected chi connectivity index (χ0v) is 24.6. The Hall–Kier alpha value is -3.36. The number of rotatable bonds is 8. The van der Waals surface area contributed by atoms with E-state index in [0.29, 0.717) is 28.7 Å². The van der Waals surface area contributed by atoms with Crippen LogP contribution in [-0.4, -0.2) is 51.1 Å². The molecule has 2 fully saturated rings. The summed E-state index contributed by atoms with van der Waals surface area (Å²) in [6, 6.07) is 38.4. The van der Waals surface area contributed by atoms with E-state index in [0.717, 1.165) is 25.7 Å². The van der Waals surface area contributed by atoms with E-state index in [-0.39, 0.29) is 12.7 Å². The molecule has 6 nitrogen and oxygen atoms in total. The van der Waals surface area contributed by atoms with Crippen molar-refractivity contribution < 1.29 is 29.9 Å². The quantitative estimate of drug-likeness (QED) is 0.214. The van der Waals surface area contributed by atoms with Crippen molar-refractivity contribution in [2.75, 3.05) is 6.61 Å². The average molecular weight is 583 g/mol. The van der Waals surface area contributed by atoms with Gasteiger partial charge in [0, 0.05) is 19.4 Å². The molecule has 1 aliphatic carbocycles. The Labute approximate surface area is 254 Å². The average Bonchev–Trinajstić information content (AvgIpc) is 3.69. The van der Waals surface area contributed by atoms with Crippen molar-refractivity contribution in [2.45, 2.75) is 74.3 Å². The molecule has 1 heterocycles. The summed E-state index contributed by atoms with van der Waals surface area (Å²) in [5.74, 6) is -0.857. The van der Waals surface area contributed by atoms with Crippen molar-refractivity contribution >= 4 is 0 Å². The molecule has 0 amide bonds. The second-order valence-corrected chi connectivity index (χ2v) is 11.6. The molecule has 1 aliphatic heterocycles. The van der Waals surface area contributed by atoms with Crippen LogP contribution in [0.4, 0.5) is 0 Å². The lowest BCUT2D eigenvalue weighted by atomic mass is 9.72. The lowest BCUT2D eigenvalue weighted by molar-refractivity contribution is -0.192. The lowest BCUT2D eigenvalue weighted by Crippen LogP contribution is -2.54. The molecule has 0 unspecified atom stereocenters. The Kier molecular flexibility index (Phi) is 9.77. The number of ether oxygens (including phenoxy) is 2. The smallest absolute Gasteiger partial charge is 0.169 e. The van der Waals surface area contributed by atoms with Crippen LogP contribution in [-0.2, 0) is 20.7 Å². The Balaban J connectivity index is 0.000000559. The molecule has 4 aromatic carbocycles. The summed E-state index contributed by atoms with van der Waals surface area (Å²) in [5, 5.41) is 42.1. The van der Waals surface area contributed by atoms with Crippen LogP contribution in [0.2, 0.25) is 0 Å². The molecule has 4 N–H and O–H groups in total. The summed E-state index contributed by atoms with van der Waals surface area (Å²) in [5.41, 5.74) is -0.374. The van der Waals surface area contributed by atoms with E-state index in [1.54, 1.807) is 6.92 Å². The normalized spacial score (nSPS) is 20.4. The summed E-state index contributed by atoms with van der Waals surface area (Å²) < 4.78 is 13.7. The number of hydrogen-bond acceptors (Lipinski definition) is 6. The van der Waals surface area contributed by atoms with Gasteiger partial charge in [-0.3, -0.25) is 0 Å². The predicted molar refractivity (Wildman–Crippen MR) is 166 cm³/mol. The third-order valence-electron chi connectivity index (χ3n) is 8.55. The number of hydrogen-bond donors (Lipinski definition) is 4. The monoisotopic (exact) mass is 582 g/mol. The summed E-state index contributed by atoms with van der Waals surface area (Å²) in [6.07, 6.45) is 1.75. The van der Waals surface area contributed by atoms with Gasteiger partial charge in [-0.15, -0.1) is 0 Å². The number of aliphatic hydroxyl groups is 4. The first-order valence-electron chi connectivity index (χ1n) is 15.1. The molecule has 3 atom stereocenters. The van der Waals surface area contributed by atoms with Crippen LogP contribution < -0.4 is 0 Å². The third-order valence-corrected chi connectivity index (χ3v) is 8.55. The van der Waals surface area contributed by atoms with Crippen LogP contribution in [0.15, 0.2) is 121 Å². The maximum Gasteiger partial charge on any atom is 0.169 e. The maximum absolute atomic E-state index is 12.8. The van der Waals surface area contributed by atoms with Gasteiger partial charge in [0.05, 0.1) is 6.10 Å². The van der Waals surface area contributed by atoms with E-state index in [9.17, 15) is 10.2 Å². The van der Waals surface area contributed by atoms with Gasteiger partial charge in [-0.05, 0) is 48.4 Å². The van der Waals surface area contributed by atoms with Crippen molar-refractivity contribution in [3.8, 4) is 0 Å².